The van der Waals surface area contributed by atoms with Crippen molar-refractivity contribution in [3.05, 3.63) is 65.0 Å². The molecule has 0 aliphatic heterocycles. The van der Waals surface area contributed by atoms with Gasteiger partial charge in [-0.3, -0.25) is 24.3 Å². The maximum absolute atomic E-state index is 13.2. The monoisotopic (exact) mass is 490 g/mol. The van der Waals surface area contributed by atoms with Gasteiger partial charge in [-0.05, 0) is 43.7 Å². The number of nitrogens with zero attached hydrogens (tertiary/aromatic N) is 2. The maximum atomic E-state index is 13.2. The van der Waals surface area contributed by atoms with Crippen molar-refractivity contribution < 1.29 is 33.0 Å². The zero-order valence-electron chi connectivity index (χ0n) is 18.9. The number of carboxylic acid groups (broad SMARTS) is 1. The summed E-state index contributed by atoms with van der Waals surface area (Å²) in [6.45, 7) is 2.65. The molecule has 0 aliphatic rings. The van der Waals surface area contributed by atoms with Crippen molar-refractivity contribution in [2.45, 2.75) is 32.5 Å². The fourth-order valence-electron chi connectivity index (χ4n) is 2.84. The van der Waals surface area contributed by atoms with Crippen LogP contribution < -0.4 is 20.9 Å². The first-order valence-corrected chi connectivity index (χ1v) is 10.4. The van der Waals surface area contributed by atoms with Crippen molar-refractivity contribution in [3.63, 3.8) is 0 Å². The van der Waals surface area contributed by atoms with Crippen molar-refractivity contribution in [2.75, 3.05) is 6.67 Å². The number of Topliss-reactive ketones (excluding diaryl/α,β-unsaturated/α-hetero) is 1. The van der Waals surface area contributed by atoms with Gasteiger partial charge in [-0.25, -0.2) is 18.6 Å². The number of hydrogen-bond donors (Lipinski definition) is 3. The van der Waals surface area contributed by atoms with Crippen LogP contribution in [0.1, 0.15) is 26.3 Å². The number of ketones is 1. The van der Waals surface area contributed by atoms with Crippen LogP contribution in [0.15, 0.2) is 53.6 Å². The Labute approximate surface area is 198 Å². The Kier molecular flexibility index (Phi) is 9.82. The average Bonchev–Trinajstić information content (AvgIpc) is 2.83. The Balaban J connectivity index is 0.000000307. The number of rotatable bonds is 9. The standard InChI is InChI=1S/C18H17FN2O2.C5H7FN2O4/c1-3-12(2)21-11-20-17-8-7-15(10-16(17)18(21)22)23-14-6-4-5-13(19)9-14;6-1-3(10)4(7-2-9)8-5(11)12/h4-12H,3H2,1-2H3;2,4,8H,1H2,(H,7,9)(H,11,12). The van der Waals surface area contributed by atoms with Crippen LogP contribution in [0.3, 0.4) is 0 Å². The number of halogens is 2. The summed E-state index contributed by atoms with van der Waals surface area (Å²) in [7, 11) is 0. The molecule has 3 aromatic rings. The molecule has 0 bridgehead atoms. The molecule has 3 N–H and O–H groups in total. The predicted octanol–water partition coefficient (Wildman–Crippen LogP) is 3.16. The summed E-state index contributed by atoms with van der Waals surface area (Å²) in [4.78, 5) is 47.2. The highest BCUT2D eigenvalue weighted by atomic mass is 19.1. The summed E-state index contributed by atoms with van der Waals surface area (Å²) in [5.41, 5.74) is 0.509. The quantitative estimate of drug-likeness (QED) is 0.309. The van der Waals surface area contributed by atoms with Crippen molar-refractivity contribution in [3.8, 4) is 11.5 Å². The number of aromatic nitrogens is 2. The van der Waals surface area contributed by atoms with Crippen LogP contribution in [0.25, 0.3) is 10.9 Å². The molecule has 2 amide bonds. The fraction of sp³-hybridized carbons (Fsp3) is 0.261. The van der Waals surface area contributed by atoms with E-state index in [2.05, 4.69) is 4.98 Å². The van der Waals surface area contributed by atoms with Crippen molar-refractivity contribution in [1.29, 1.82) is 0 Å². The molecule has 0 spiro atoms. The van der Waals surface area contributed by atoms with Crippen molar-refractivity contribution in [1.82, 2.24) is 20.2 Å². The average molecular weight is 490 g/mol. The predicted molar refractivity (Wildman–Crippen MR) is 123 cm³/mol. The van der Waals surface area contributed by atoms with E-state index in [1.807, 2.05) is 13.8 Å². The van der Waals surface area contributed by atoms with Crippen LogP contribution in [0.4, 0.5) is 13.6 Å². The number of hydrogen-bond acceptors (Lipinski definition) is 6. The van der Waals surface area contributed by atoms with Gasteiger partial charge in [0.2, 0.25) is 12.2 Å². The third kappa shape index (κ3) is 7.59. The third-order valence-corrected chi connectivity index (χ3v) is 4.81. The van der Waals surface area contributed by atoms with Gasteiger partial charge in [-0.2, -0.15) is 0 Å². The van der Waals surface area contributed by atoms with Crippen LogP contribution in [-0.2, 0) is 9.59 Å². The maximum Gasteiger partial charge on any atom is 0.406 e. The van der Waals surface area contributed by atoms with Crippen LogP contribution in [0.2, 0.25) is 0 Å². The molecule has 2 unspecified atom stereocenters. The highest BCUT2D eigenvalue weighted by molar-refractivity contribution is 5.89. The minimum atomic E-state index is -1.52. The summed E-state index contributed by atoms with van der Waals surface area (Å²) in [6, 6.07) is 11.0. The first-order chi connectivity index (χ1) is 16.7. The van der Waals surface area contributed by atoms with Gasteiger partial charge >= 0.3 is 6.09 Å². The summed E-state index contributed by atoms with van der Waals surface area (Å²) in [5.74, 6) is -0.562. The van der Waals surface area contributed by atoms with Crippen molar-refractivity contribution >= 4 is 29.2 Å². The van der Waals surface area contributed by atoms with E-state index < -0.39 is 24.7 Å². The van der Waals surface area contributed by atoms with Crippen LogP contribution in [0.5, 0.6) is 11.5 Å². The highest BCUT2D eigenvalue weighted by Gasteiger charge is 2.18. The second-order valence-electron chi connectivity index (χ2n) is 7.22. The minimum absolute atomic E-state index is 0.0761. The number of ether oxygens (including phenoxy) is 1. The second-order valence-corrected chi connectivity index (χ2v) is 7.22. The Hall–Kier alpha value is -4.35. The number of fused-ring (bicyclic) bond motifs is 1. The molecule has 0 saturated heterocycles. The van der Waals surface area contributed by atoms with E-state index in [1.165, 1.54) is 12.1 Å². The van der Waals surface area contributed by atoms with E-state index in [9.17, 15) is 28.0 Å². The van der Waals surface area contributed by atoms with Gasteiger partial charge in [0.15, 0.2) is 12.8 Å². The third-order valence-electron chi connectivity index (χ3n) is 4.81. The van der Waals surface area contributed by atoms with Crippen LogP contribution in [0, 0.1) is 5.82 Å². The molecule has 35 heavy (non-hydrogen) atoms. The zero-order valence-corrected chi connectivity index (χ0v) is 18.9. The van der Waals surface area contributed by atoms with Crippen LogP contribution in [-0.4, -0.2) is 45.8 Å². The van der Waals surface area contributed by atoms with Gasteiger partial charge in [0.05, 0.1) is 17.2 Å². The first kappa shape index (κ1) is 26.9. The molecular weight excluding hydrogens is 466 g/mol. The summed E-state index contributed by atoms with van der Waals surface area (Å²) in [6.07, 6.45) is -0.506. The smallest absolute Gasteiger partial charge is 0.406 e. The lowest BCUT2D eigenvalue weighted by Gasteiger charge is -2.13. The van der Waals surface area contributed by atoms with E-state index in [-0.39, 0.29) is 23.8 Å². The Bertz CT molecular complexity index is 1250. The van der Waals surface area contributed by atoms with E-state index >= 15 is 0 Å². The molecule has 1 aromatic heterocycles. The van der Waals surface area contributed by atoms with Gasteiger partial charge in [0, 0.05) is 12.1 Å². The fourth-order valence-corrected chi connectivity index (χ4v) is 2.84. The molecule has 2 aromatic carbocycles. The minimum Gasteiger partial charge on any atom is -0.465 e. The molecule has 0 saturated carbocycles. The number of carbonyl (C=O) groups excluding carboxylic acids is 2. The second kappa shape index (κ2) is 12.8. The molecule has 1 heterocycles. The number of benzene rings is 2. The van der Waals surface area contributed by atoms with E-state index in [4.69, 9.17) is 9.84 Å². The summed E-state index contributed by atoms with van der Waals surface area (Å²) in [5, 5.41) is 12.0. The van der Waals surface area contributed by atoms with E-state index in [0.29, 0.717) is 22.4 Å². The molecule has 10 nitrogen and oxygen atoms in total. The normalized spacial score (nSPS) is 12.0. The van der Waals surface area contributed by atoms with Crippen LogP contribution >= 0.6 is 0 Å². The number of carbonyl (C=O) groups is 3. The van der Waals surface area contributed by atoms with Gasteiger partial charge in [0.1, 0.15) is 17.3 Å². The number of nitrogens with one attached hydrogen (secondary N) is 2. The lowest BCUT2D eigenvalue weighted by Crippen LogP contribution is -2.50. The van der Waals surface area contributed by atoms with E-state index in [0.717, 1.165) is 6.42 Å². The summed E-state index contributed by atoms with van der Waals surface area (Å²) >= 11 is 0. The SMILES string of the molecule is CCC(C)n1cnc2ccc(Oc3cccc(F)c3)cc2c1=O.O=CNC(NC(=O)O)C(=O)CF. The molecular formula is C23H24F2N4O6. The zero-order chi connectivity index (χ0) is 26.0. The largest absolute Gasteiger partial charge is 0.465 e. The molecule has 186 valence electrons. The molecule has 0 fully saturated rings. The topological polar surface area (TPSA) is 140 Å². The molecule has 3 rings (SSSR count). The lowest BCUT2D eigenvalue weighted by atomic mass is 10.2. The molecule has 0 aliphatic carbocycles. The number of alkyl halides is 1. The van der Waals surface area contributed by atoms with Gasteiger partial charge in [0.25, 0.3) is 5.56 Å². The van der Waals surface area contributed by atoms with E-state index in [1.54, 1.807) is 51.9 Å². The van der Waals surface area contributed by atoms with Crippen molar-refractivity contribution in [2.24, 2.45) is 0 Å². The highest BCUT2D eigenvalue weighted by Crippen LogP contribution is 2.24. The molecule has 0 radical (unpaired) electrons. The Morgan fingerprint density at radius 3 is 2.54 bits per heavy atom. The molecule has 12 heteroatoms. The molecule has 2 atom stereocenters. The number of amides is 2. The van der Waals surface area contributed by atoms with Gasteiger partial charge in [-0.15, -0.1) is 0 Å². The summed E-state index contributed by atoms with van der Waals surface area (Å²) < 4.78 is 32.1. The Morgan fingerprint density at radius 1 is 1.23 bits per heavy atom. The van der Waals surface area contributed by atoms with Gasteiger partial charge in [-0.1, -0.05) is 13.0 Å². The van der Waals surface area contributed by atoms with Gasteiger partial charge < -0.3 is 15.2 Å². The lowest BCUT2D eigenvalue weighted by molar-refractivity contribution is -0.124. The Morgan fingerprint density at radius 2 is 1.94 bits per heavy atom. The first-order valence-electron chi connectivity index (χ1n) is 10.4.